The van der Waals surface area contributed by atoms with Gasteiger partial charge in [-0.05, 0) is 234 Å². The van der Waals surface area contributed by atoms with Gasteiger partial charge >= 0.3 is 0 Å². The predicted molar refractivity (Wildman–Crippen MR) is 513 cm³/mol. The highest BCUT2D eigenvalue weighted by Gasteiger charge is 2.54. The highest BCUT2D eigenvalue weighted by atomic mass is 35.5. The van der Waals surface area contributed by atoms with Gasteiger partial charge in [-0.1, -0.05) is 110 Å². The van der Waals surface area contributed by atoms with Crippen molar-refractivity contribution in [2.75, 3.05) is 167 Å². The number of sulfonamides is 2. The van der Waals surface area contributed by atoms with Crippen LogP contribution in [0.1, 0.15) is 148 Å². The minimum Gasteiger partial charge on any atom is -0.490 e. The number of carbonyl (C=O) groups excluding carboxylic acids is 4. The van der Waals surface area contributed by atoms with E-state index in [2.05, 4.69) is 87.4 Å². The maximum Gasteiger partial charge on any atom is 0.264 e. The van der Waals surface area contributed by atoms with Crippen LogP contribution in [-0.2, 0) is 82.5 Å². The minimum absolute atomic E-state index is 0.0596. The Bertz CT molecular complexity index is 5480. The molecule has 4 bridgehead atoms. The molecule has 4 aliphatic carbocycles. The van der Waals surface area contributed by atoms with E-state index in [1.807, 2.05) is 60.0 Å². The van der Waals surface area contributed by atoms with E-state index in [0.29, 0.717) is 113 Å². The van der Waals surface area contributed by atoms with Gasteiger partial charge in [-0.15, -0.1) is 0 Å². The summed E-state index contributed by atoms with van der Waals surface area (Å²) in [6.45, 7) is 20.4. The molecule has 8 aliphatic heterocycles. The van der Waals surface area contributed by atoms with Gasteiger partial charge in [0, 0.05) is 189 Å². The van der Waals surface area contributed by atoms with Gasteiger partial charge in [0.05, 0.1) is 56.4 Å². The Balaban J connectivity index is 0.000000184. The van der Waals surface area contributed by atoms with Gasteiger partial charge in [-0.2, -0.15) is 0 Å². The number of anilines is 2. The van der Waals surface area contributed by atoms with Gasteiger partial charge in [-0.25, -0.2) is 43.1 Å². The van der Waals surface area contributed by atoms with Crippen molar-refractivity contribution in [3.05, 3.63) is 201 Å². The molecule has 12 aliphatic rings. The van der Waals surface area contributed by atoms with Crippen LogP contribution in [0.3, 0.4) is 0 Å². The lowest BCUT2D eigenvalue weighted by molar-refractivity contribution is -0.136. The first-order valence-electron chi connectivity index (χ1n) is 47.4. The van der Waals surface area contributed by atoms with Crippen LogP contribution in [0, 0.1) is 35.5 Å². The summed E-state index contributed by atoms with van der Waals surface area (Å²) in [5.74, 6) is -0.605. The Kier molecular flexibility index (Phi) is 28.5. The summed E-state index contributed by atoms with van der Waals surface area (Å²) in [6, 6.07) is 39.8. The summed E-state index contributed by atoms with van der Waals surface area (Å²) in [7, 11) is -11.6. The lowest BCUT2D eigenvalue weighted by Gasteiger charge is -2.53. The summed E-state index contributed by atoms with van der Waals surface area (Å²) in [5.41, 5.74) is 4.96. The summed E-state index contributed by atoms with van der Waals surface area (Å²) in [5, 5.41) is -0.272. The number of methoxy groups -OCH3 is 2. The molecule has 6 fully saturated rings. The summed E-state index contributed by atoms with van der Waals surface area (Å²) >= 11 is 13.1. The number of allylic oxidation sites excluding steroid dienone is 2. The number of carbonyl (C=O) groups is 4. The first-order valence-corrected chi connectivity index (χ1v) is 54.6. The number of ether oxygens (including phenoxy) is 4. The smallest absolute Gasteiger partial charge is 0.264 e. The molecular weight excluding hydrogens is 1800 g/mol. The molecular formula is C100H128Cl2N10O16S4. The topological polar surface area (TPSA) is 292 Å². The lowest BCUT2D eigenvalue weighted by atomic mass is 9.63. The summed E-state index contributed by atoms with van der Waals surface area (Å²) in [6.07, 6.45) is 19.0. The third-order valence-corrected chi connectivity index (χ3v) is 39.6. The highest BCUT2D eigenvalue weighted by molar-refractivity contribution is 7.92. The van der Waals surface area contributed by atoms with E-state index in [1.165, 1.54) is 22.3 Å². The monoisotopic (exact) mass is 1920 g/mol. The fourth-order valence-electron chi connectivity index (χ4n) is 23.3. The second-order valence-corrected chi connectivity index (χ2v) is 48.8. The lowest BCUT2D eigenvalue weighted by Crippen LogP contribution is -2.65. The van der Waals surface area contributed by atoms with Gasteiger partial charge in [0.15, 0.2) is 19.7 Å². The van der Waals surface area contributed by atoms with E-state index < -0.39 is 73.2 Å². The molecule has 8 heterocycles. The van der Waals surface area contributed by atoms with E-state index >= 15 is 0 Å². The second kappa shape index (κ2) is 39.3. The molecule has 2 saturated carbocycles. The third-order valence-electron chi connectivity index (χ3n) is 31.8. The van der Waals surface area contributed by atoms with Gasteiger partial charge in [0.1, 0.15) is 22.7 Å². The van der Waals surface area contributed by atoms with E-state index in [1.54, 1.807) is 101 Å². The number of hydrogen-bond donors (Lipinski definition) is 2. The molecule has 0 unspecified atom stereocenters. The number of nitrogens with zero attached hydrogens (tertiary/aromatic N) is 8. The number of piperazine rings is 4. The fourth-order valence-corrected chi connectivity index (χ4v) is 28.8. The molecule has 4 amide bonds. The average Bonchev–Trinajstić information content (AvgIpc) is 1.41. The summed E-state index contributed by atoms with van der Waals surface area (Å²) in [4.78, 5) is 73.5. The number of rotatable bonds is 14. The van der Waals surface area contributed by atoms with Crippen molar-refractivity contribution in [2.24, 2.45) is 35.5 Å². The van der Waals surface area contributed by atoms with Crippen molar-refractivity contribution >= 4 is 97.9 Å². The molecule has 4 saturated heterocycles. The van der Waals surface area contributed by atoms with Crippen LogP contribution in [-0.4, -0.2) is 277 Å². The Labute approximate surface area is 789 Å². The van der Waals surface area contributed by atoms with E-state index in [0.717, 1.165) is 128 Å². The van der Waals surface area contributed by atoms with Gasteiger partial charge < -0.3 is 38.5 Å². The van der Waals surface area contributed by atoms with Crippen LogP contribution in [0.4, 0.5) is 11.4 Å². The largest absolute Gasteiger partial charge is 0.490 e. The molecule has 2 spiro atoms. The maximum absolute atomic E-state index is 13.8. The van der Waals surface area contributed by atoms with Crippen molar-refractivity contribution in [1.29, 1.82) is 0 Å². The molecule has 6 aromatic carbocycles. The number of nitrogens with one attached hydrogen (secondary N) is 2. The second-order valence-electron chi connectivity index (χ2n) is 39.7. The summed E-state index contributed by atoms with van der Waals surface area (Å²) < 4.78 is 139. The van der Waals surface area contributed by atoms with Crippen LogP contribution >= 0.6 is 23.2 Å². The van der Waals surface area contributed by atoms with Gasteiger partial charge in [-0.3, -0.25) is 38.8 Å². The van der Waals surface area contributed by atoms with Crippen LogP contribution in [0.25, 0.3) is 0 Å². The zero-order chi connectivity index (χ0) is 92.9. The molecule has 6 aromatic rings. The third kappa shape index (κ3) is 20.1. The van der Waals surface area contributed by atoms with Gasteiger partial charge in [0.25, 0.3) is 11.8 Å². The normalized spacial score (nSPS) is 31.0. The first-order chi connectivity index (χ1) is 63.2. The SMILES string of the molecule is CO[C@@]1(CN2CCN3CCN(C(=O)CCS(=O)(=O)c4ccccc4)C[C@@H]3C2)/C=C/C[C@H](C)[C@@H](C)S(=O)(=O)NC(=O)c2ccc3c(c2)N(C[C@@H]2CC[C@H]21)C[C@@]1(CCCc2cc(Cl)ccc21)CO3.CO[C@@]1(CN2CCN3CCN(C(=O)CCS(=O)(=O)c4ccccc4)C[C@H]3C2)/C=C/C[C@H](C)[C@@H](C)S(=O)(=O)NC(=O)c2ccc3c(c2)N(C[C@@H]2CC[C@H]21)C[C@@]1(CCCc2cc(Cl)ccc21)CO3. The number of hydrogen-bond acceptors (Lipinski definition) is 22. The van der Waals surface area contributed by atoms with Crippen molar-refractivity contribution in [1.82, 2.24) is 38.8 Å². The quantitative estimate of drug-likeness (QED) is 0.0958. The highest BCUT2D eigenvalue weighted by Crippen LogP contribution is 2.53. The molecule has 18 rings (SSSR count). The molecule has 14 atom stereocenters. The molecule has 712 valence electrons. The van der Waals surface area contributed by atoms with Crippen molar-refractivity contribution in [3.63, 3.8) is 0 Å². The van der Waals surface area contributed by atoms with Crippen molar-refractivity contribution in [2.45, 2.75) is 172 Å². The number of fused-ring (bicyclic) bond motifs is 10. The molecule has 2 N–H and O–H groups in total. The molecule has 32 heteroatoms. The average molecular weight is 1930 g/mol. The molecule has 26 nitrogen and oxygen atoms in total. The van der Waals surface area contributed by atoms with Crippen LogP contribution < -0.4 is 28.7 Å². The fraction of sp³-hybridized carbons (Fsp3) is 0.560. The van der Waals surface area contributed by atoms with Crippen LogP contribution in [0.5, 0.6) is 11.5 Å². The molecule has 0 radical (unpaired) electrons. The zero-order valence-electron chi connectivity index (χ0n) is 76.7. The Hall–Kier alpha value is -7.98. The molecule has 132 heavy (non-hydrogen) atoms. The Morgan fingerprint density at radius 2 is 0.894 bits per heavy atom. The zero-order valence-corrected chi connectivity index (χ0v) is 81.5. The number of halogens is 2. The van der Waals surface area contributed by atoms with E-state index in [4.69, 9.17) is 42.1 Å². The van der Waals surface area contributed by atoms with Crippen molar-refractivity contribution in [3.8, 4) is 11.5 Å². The Morgan fingerprint density at radius 3 is 1.28 bits per heavy atom. The number of sulfone groups is 2. The van der Waals surface area contributed by atoms with Crippen molar-refractivity contribution < 1.29 is 71.8 Å². The maximum atomic E-state index is 13.8. The number of benzene rings is 6. The number of aryl methyl sites for hydroxylation is 2. The van der Waals surface area contributed by atoms with E-state index in [9.17, 15) is 52.8 Å². The Morgan fingerprint density at radius 1 is 0.492 bits per heavy atom. The minimum atomic E-state index is -4.04. The number of amides is 4. The van der Waals surface area contributed by atoms with Crippen LogP contribution in [0.15, 0.2) is 168 Å². The van der Waals surface area contributed by atoms with E-state index in [-0.39, 0.29) is 116 Å². The first kappa shape index (κ1) is 95.7. The molecule has 0 aromatic heterocycles. The van der Waals surface area contributed by atoms with Crippen LogP contribution in [0.2, 0.25) is 10.0 Å². The van der Waals surface area contributed by atoms with Gasteiger partial charge in [0.2, 0.25) is 31.9 Å². The predicted octanol–water partition coefficient (Wildman–Crippen LogP) is 11.9. The standard InChI is InChI=1S/2C50H64ClN5O8S2/c2*1-35-9-7-21-50(63-3,33-53-22-23-54-24-25-55(31-41(54)30-53)47(57)19-26-65(59,60)42-11-5-4-6-12-42)44-16-13-39(44)29-56-32-49(20-8-10-37-27-40(51)15-17-43(37)49)34-64-46-18-14-38(28-45(46)56)48(58)52-66(61,62)36(35)2/h2*4-7,11-12,14-15,17-18,21,27-28,35-36,39,41,44H,8-10,13,16,19-20,22-26,29-34H2,1-3H3,(H,52,58)/b2*21-7+/t35-,36+,39-,41+,44+,49-,50+;35-,36+,39-,41-,44+,49-,50+/m00/s1.